The maximum Gasteiger partial charge on any atom is 0.303 e. The molecular formula is C12H12INO3. The van der Waals surface area contributed by atoms with E-state index in [1.54, 1.807) is 0 Å². The molecule has 1 aromatic rings. The number of nitrogens with one attached hydrogen (secondary N) is 1. The largest absolute Gasteiger partial charge is 0.481 e. The van der Waals surface area contributed by atoms with Crippen LogP contribution in [0.3, 0.4) is 0 Å². The van der Waals surface area contributed by atoms with Gasteiger partial charge in [-0.25, -0.2) is 0 Å². The SMILES string of the molecule is O=C(O)CCc1cc2c(cc1I)CCC(=O)N2. The number of rotatable bonds is 3. The standard InChI is InChI=1S/C12H12INO3/c13-9-5-8-1-3-11(15)14-10(8)6-7(9)2-4-12(16)17/h5-6H,1-4H2,(H,14,15)(H,16,17). The van der Waals surface area contributed by atoms with Crippen LogP contribution in [0.15, 0.2) is 12.1 Å². The van der Waals surface area contributed by atoms with Crippen LogP contribution in [-0.4, -0.2) is 17.0 Å². The number of aryl methyl sites for hydroxylation is 2. The maximum atomic E-state index is 11.3. The summed E-state index contributed by atoms with van der Waals surface area (Å²) < 4.78 is 1.07. The van der Waals surface area contributed by atoms with Crippen molar-refractivity contribution in [2.45, 2.75) is 25.7 Å². The summed E-state index contributed by atoms with van der Waals surface area (Å²) in [6, 6.07) is 3.93. The van der Waals surface area contributed by atoms with Gasteiger partial charge in [-0.2, -0.15) is 0 Å². The predicted octanol–water partition coefficient (Wildman–Crippen LogP) is 2.19. The van der Waals surface area contributed by atoms with Crippen molar-refractivity contribution >= 4 is 40.2 Å². The van der Waals surface area contributed by atoms with Gasteiger partial charge in [0, 0.05) is 22.1 Å². The highest BCUT2D eigenvalue weighted by molar-refractivity contribution is 14.1. The molecule has 1 aliphatic rings. The quantitative estimate of drug-likeness (QED) is 0.826. The molecule has 5 heteroatoms. The van der Waals surface area contributed by atoms with Crippen LogP contribution in [0.4, 0.5) is 5.69 Å². The Hall–Kier alpha value is -1.11. The topological polar surface area (TPSA) is 66.4 Å². The number of benzene rings is 1. The van der Waals surface area contributed by atoms with E-state index in [9.17, 15) is 9.59 Å². The molecule has 0 saturated heterocycles. The first-order chi connectivity index (χ1) is 8.06. The third-order valence-corrected chi connectivity index (χ3v) is 3.78. The first kappa shape index (κ1) is 12.3. The van der Waals surface area contributed by atoms with Gasteiger partial charge < -0.3 is 10.4 Å². The lowest BCUT2D eigenvalue weighted by molar-refractivity contribution is -0.137. The molecule has 0 saturated carbocycles. The second kappa shape index (κ2) is 5.03. The fourth-order valence-electron chi connectivity index (χ4n) is 1.88. The highest BCUT2D eigenvalue weighted by Gasteiger charge is 2.16. The van der Waals surface area contributed by atoms with E-state index < -0.39 is 5.97 Å². The first-order valence-electron chi connectivity index (χ1n) is 5.39. The number of anilines is 1. The van der Waals surface area contributed by atoms with Crippen LogP contribution in [-0.2, 0) is 22.4 Å². The van der Waals surface area contributed by atoms with E-state index in [0.717, 1.165) is 26.8 Å². The lowest BCUT2D eigenvalue weighted by Gasteiger charge is -2.18. The van der Waals surface area contributed by atoms with Crippen molar-refractivity contribution in [2.24, 2.45) is 0 Å². The molecule has 1 aliphatic heterocycles. The molecule has 0 unspecified atom stereocenters. The van der Waals surface area contributed by atoms with Crippen LogP contribution in [0.2, 0.25) is 0 Å². The zero-order valence-electron chi connectivity index (χ0n) is 9.12. The van der Waals surface area contributed by atoms with Gasteiger partial charge in [-0.05, 0) is 58.7 Å². The minimum Gasteiger partial charge on any atom is -0.481 e. The molecule has 2 rings (SSSR count). The second-order valence-corrected chi connectivity index (χ2v) is 5.20. The van der Waals surface area contributed by atoms with E-state index in [1.807, 2.05) is 12.1 Å². The molecule has 1 amide bonds. The average molecular weight is 345 g/mol. The van der Waals surface area contributed by atoms with Crippen LogP contribution in [0.1, 0.15) is 24.0 Å². The summed E-state index contributed by atoms with van der Waals surface area (Å²) in [5.74, 6) is -0.773. The number of hydrogen-bond acceptors (Lipinski definition) is 2. The van der Waals surface area contributed by atoms with Gasteiger partial charge >= 0.3 is 5.97 Å². The third kappa shape index (κ3) is 2.96. The normalized spacial score (nSPS) is 14.1. The number of amides is 1. The third-order valence-electron chi connectivity index (χ3n) is 2.78. The van der Waals surface area contributed by atoms with Crippen molar-refractivity contribution in [3.8, 4) is 0 Å². The van der Waals surface area contributed by atoms with Crippen LogP contribution in [0.5, 0.6) is 0 Å². The van der Waals surface area contributed by atoms with E-state index in [-0.39, 0.29) is 12.3 Å². The maximum absolute atomic E-state index is 11.3. The molecule has 2 N–H and O–H groups in total. The Morgan fingerprint density at radius 1 is 1.41 bits per heavy atom. The number of aliphatic carboxylic acids is 1. The summed E-state index contributed by atoms with van der Waals surface area (Å²) in [4.78, 5) is 21.8. The molecule has 4 nitrogen and oxygen atoms in total. The summed E-state index contributed by atoms with van der Waals surface area (Å²) in [5, 5.41) is 11.5. The van der Waals surface area contributed by atoms with E-state index in [1.165, 1.54) is 0 Å². The molecule has 0 atom stereocenters. The minimum atomic E-state index is -0.803. The minimum absolute atomic E-state index is 0.0305. The number of carbonyl (C=O) groups excluding carboxylic acids is 1. The summed E-state index contributed by atoms with van der Waals surface area (Å²) in [6.07, 6.45) is 1.90. The van der Waals surface area contributed by atoms with E-state index >= 15 is 0 Å². The van der Waals surface area contributed by atoms with Gasteiger partial charge in [0.15, 0.2) is 0 Å². The highest BCUT2D eigenvalue weighted by Crippen LogP contribution is 2.28. The van der Waals surface area contributed by atoms with E-state index in [0.29, 0.717) is 12.8 Å². The van der Waals surface area contributed by atoms with Gasteiger partial charge in [-0.1, -0.05) is 0 Å². The van der Waals surface area contributed by atoms with Crippen LogP contribution >= 0.6 is 22.6 Å². The van der Waals surface area contributed by atoms with Crippen LogP contribution < -0.4 is 5.32 Å². The molecule has 0 radical (unpaired) electrons. The van der Waals surface area contributed by atoms with Gasteiger partial charge in [-0.15, -0.1) is 0 Å². The molecule has 0 aliphatic carbocycles. The smallest absolute Gasteiger partial charge is 0.303 e. The predicted molar refractivity (Wildman–Crippen MR) is 72.1 cm³/mol. The summed E-state index contributed by atoms with van der Waals surface area (Å²) in [7, 11) is 0. The fraction of sp³-hybridized carbons (Fsp3) is 0.333. The first-order valence-corrected chi connectivity index (χ1v) is 6.47. The van der Waals surface area contributed by atoms with Crippen molar-refractivity contribution in [1.29, 1.82) is 0 Å². The zero-order chi connectivity index (χ0) is 12.4. The second-order valence-electron chi connectivity index (χ2n) is 4.04. The summed E-state index contributed by atoms with van der Waals surface area (Å²) in [6.45, 7) is 0. The Balaban J connectivity index is 2.25. The number of hydrogen-bond donors (Lipinski definition) is 2. The van der Waals surface area contributed by atoms with Crippen molar-refractivity contribution < 1.29 is 14.7 Å². The lowest BCUT2D eigenvalue weighted by atomic mass is 9.99. The fourth-order valence-corrected chi connectivity index (χ4v) is 2.68. The van der Waals surface area contributed by atoms with Crippen molar-refractivity contribution in [2.75, 3.05) is 5.32 Å². The molecule has 0 bridgehead atoms. The molecule has 1 aromatic carbocycles. The zero-order valence-corrected chi connectivity index (χ0v) is 11.3. The molecule has 0 aromatic heterocycles. The molecule has 17 heavy (non-hydrogen) atoms. The van der Waals surface area contributed by atoms with E-state index in [2.05, 4.69) is 27.9 Å². The highest BCUT2D eigenvalue weighted by atomic mass is 127. The van der Waals surface area contributed by atoms with Crippen molar-refractivity contribution in [3.63, 3.8) is 0 Å². The molecular weight excluding hydrogens is 333 g/mol. The Morgan fingerprint density at radius 3 is 2.88 bits per heavy atom. The van der Waals surface area contributed by atoms with Gasteiger partial charge in [0.25, 0.3) is 0 Å². The van der Waals surface area contributed by atoms with Gasteiger partial charge in [0.2, 0.25) is 5.91 Å². The average Bonchev–Trinajstić information content (AvgIpc) is 2.26. The Bertz CT molecular complexity index is 485. The van der Waals surface area contributed by atoms with Gasteiger partial charge in [-0.3, -0.25) is 9.59 Å². The molecule has 0 spiro atoms. The van der Waals surface area contributed by atoms with Crippen LogP contribution in [0, 0.1) is 3.57 Å². The molecule has 1 heterocycles. The lowest BCUT2D eigenvalue weighted by Crippen LogP contribution is -2.19. The van der Waals surface area contributed by atoms with E-state index in [4.69, 9.17) is 5.11 Å². The summed E-state index contributed by atoms with van der Waals surface area (Å²) >= 11 is 2.21. The van der Waals surface area contributed by atoms with Crippen molar-refractivity contribution in [1.82, 2.24) is 0 Å². The number of carbonyl (C=O) groups is 2. The summed E-state index contributed by atoms with van der Waals surface area (Å²) in [5.41, 5.74) is 2.95. The Morgan fingerprint density at radius 2 is 2.18 bits per heavy atom. The number of carboxylic acid groups (broad SMARTS) is 1. The monoisotopic (exact) mass is 345 g/mol. The van der Waals surface area contributed by atoms with Crippen molar-refractivity contribution in [3.05, 3.63) is 26.8 Å². The molecule has 0 fully saturated rings. The Kier molecular flexibility index (Phi) is 3.66. The number of fused-ring (bicyclic) bond motifs is 1. The van der Waals surface area contributed by atoms with Crippen LogP contribution in [0.25, 0.3) is 0 Å². The molecule has 90 valence electrons. The Labute approximate surface area is 113 Å². The van der Waals surface area contributed by atoms with Gasteiger partial charge in [0.1, 0.15) is 0 Å². The number of halogens is 1. The number of carboxylic acids is 1. The van der Waals surface area contributed by atoms with Gasteiger partial charge in [0.05, 0.1) is 0 Å².